The van der Waals surface area contributed by atoms with Crippen LogP contribution < -0.4 is 10.6 Å². The van der Waals surface area contributed by atoms with Gasteiger partial charge >= 0.3 is 0 Å². The molecule has 0 aliphatic heterocycles. The van der Waals surface area contributed by atoms with Gasteiger partial charge in [0.25, 0.3) is 0 Å². The molecule has 0 fully saturated rings. The van der Waals surface area contributed by atoms with Gasteiger partial charge in [-0.05, 0) is 55.8 Å². The van der Waals surface area contributed by atoms with Crippen LogP contribution in [0.25, 0.3) is 0 Å². The first kappa shape index (κ1) is 52.8. The van der Waals surface area contributed by atoms with E-state index in [0.29, 0.717) is 41.7 Å². The highest BCUT2D eigenvalue weighted by Crippen LogP contribution is 2.08. The molecule has 0 aromatic rings. The molecule has 0 bridgehead atoms. The summed E-state index contributed by atoms with van der Waals surface area (Å²) in [5.74, 6) is 5.38. The Labute approximate surface area is 282 Å². The zero-order valence-corrected chi connectivity index (χ0v) is 33.9. The number of amides is 2. The highest BCUT2D eigenvalue weighted by molar-refractivity contribution is 5.80. The molecule has 2 amide bonds. The fourth-order valence-electron chi connectivity index (χ4n) is 3.48. The van der Waals surface area contributed by atoms with E-state index in [1.54, 1.807) is 0 Å². The highest BCUT2D eigenvalue weighted by atomic mass is 16.2. The van der Waals surface area contributed by atoms with Gasteiger partial charge in [0, 0.05) is 49.6 Å². The molecule has 0 saturated carbocycles. The fraction of sp³-hybridized carbons (Fsp3) is 0.897. The molecule has 0 heterocycles. The summed E-state index contributed by atoms with van der Waals surface area (Å²) in [7, 11) is 0. The lowest BCUT2D eigenvalue weighted by atomic mass is 9.99. The topological polar surface area (TPSA) is 92.3 Å². The normalized spacial score (nSPS) is 10.8. The monoisotopic (exact) mass is 643 g/mol. The van der Waals surface area contributed by atoms with Crippen molar-refractivity contribution < 1.29 is 19.2 Å². The second-order valence-electron chi connectivity index (χ2n) is 16.1. The standard InChI is InChI=1S/2C8H17NO.2C8H16O.C7H16/c1-6(2)5-9-8(10)7(3)4;1-6(2)5-8(10)9-7(3)4;2*1-6(2)5-8(9)7(3)4;1-6(2)5-7(3)4/h2*6-7H,5H2,1-4H3,(H,9,10);2*6-7H,5H2,1-4H3;6-7H,5H2,1-4H3. The van der Waals surface area contributed by atoms with Crippen LogP contribution in [0.3, 0.4) is 0 Å². The van der Waals surface area contributed by atoms with Gasteiger partial charge in [-0.15, -0.1) is 0 Å². The molecule has 272 valence electrons. The van der Waals surface area contributed by atoms with Gasteiger partial charge in [0.2, 0.25) is 11.8 Å². The van der Waals surface area contributed by atoms with Gasteiger partial charge in [0.15, 0.2) is 0 Å². The minimum atomic E-state index is 0.110. The minimum Gasteiger partial charge on any atom is -0.356 e. The number of ketones is 2. The van der Waals surface area contributed by atoms with Crippen molar-refractivity contribution in [1.82, 2.24) is 10.6 Å². The smallest absolute Gasteiger partial charge is 0.222 e. The Bertz CT molecular complexity index is 675. The molecule has 0 aromatic carbocycles. The first-order chi connectivity index (χ1) is 20.3. The summed E-state index contributed by atoms with van der Waals surface area (Å²) >= 11 is 0. The minimum absolute atomic E-state index is 0.110. The van der Waals surface area contributed by atoms with Crippen molar-refractivity contribution in [3.8, 4) is 0 Å². The third-order valence-electron chi connectivity index (χ3n) is 5.70. The first-order valence-corrected chi connectivity index (χ1v) is 17.9. The van der Waals surface area contributed by atoms with Crippen molar-refractivity contribution in [1.29, 1.82) is 0 Å². The van der Waals surface area contributed by atoms with E-state index in [2.05, 4.69) is 79.9 Å². The van der Waals surface area contributed by atoms with Gasteiger partial charge < -0.3 is 10.6 Å². The largest absolute Gasteiger partial charge is 0.356 e. The van der Waals surface area contributed by atoms with E-state index < -0.39 is 0 Å². The highest BCUT2D eigenvalue weighted by Gasteiger charge is 2.09. The maximum absolute atomic E-state index is 11.0. The van der Waals surface area contributed by atoms with E-state index in [1.165, 1.54) is 6.42 Å². The Morgan fingerprint density at radius 1 is 0.422 bits per heavy atom. The molecule has 0 spiro atoms. The van der Waals surface area contributed by atoms with Gasteiger partial charge in [-0.1, -0.05) is 125 Å². The van der Waals surface area contributed by atoms with Crippen LogP contribution in [0.4, 0.5) is 0 Å². The zero-order chi connectivity index (χ0) is 37.0. The number of carbonyl (C=O) groups is 4. The molecule has 6 heteroatoms. The summed E-state index contributed by atoms with van der Waals surface area (Å²) in [6.07, 6.45) is 3.47. The Kier molecular flexibility index (Phi) is 37.8. The number of rotatable bonds is 14. The maximum atomic E-state index is 11.0. The average molecular weight is 643 g/mol. The quantitative estimate of drug-likeness (QED) is 0.197. The van der Waals surface area contributed by atoms with Crippen LogP contribution in [0.5, 0.6) is 0 Å². The summed E-state index contributed by atoms with van der Waals surface area (Å²) in [5, 5.41) is 5.68. The molecule has 45 heavy (non-hydrogen) atoms. The summed E-state index contributed by atoms with van der Waals surface area (Å²) in [5.41, 5.74) is 0. The van der Waals surface area contributed by atoms with Crippen LogP contribution in [-0.2, 0) is 19.2 Å². The van der Waals surface area contributed by atoms with Gasteiger partial charge in [0.05, 0.1) is 0 Å². The van der Waals surface area contributed by atoms with E-state index >= 15 is 0 Å². The van der Waals surface area contributed by atoms with E-state index in [0.717, 1.165) is 31.2 Å². The number of hydrogen-bond acceptors (Lipinski definition) is 4. The number of carbonyl (C=O) groups excluding carboxylic acids is 4. The van der Waals surface area contributed by atoms with Crippen molar-refractivity contribution in [2.45, 2.75) is 170 Å². The molecule has 2 N–H and O–H groups in total. The molecule has 0 rings (SSSR count). The number of nitrogens with one attached hydrogen (secondary N) is 2. The molecule has 0 aliphatic rings. The SMILES string of the molecule is CC(C)CC(=O)C(C)C.CC(C)CC(=O)C(C)C.CC(C)CC(=O)NC(C)C.CC(C)CC(C)C.CC(C)CNC(=O)C(C)C. The maximum Gasteiger partial charge on any atom is 0.222 e. The number of Topliss-reactive ketones (excluding diaryl/α,β-unsaturated/α-hetero) is 2. The lowest BCUT2D eigenvalue weighted by molar-refractivity contribution is -0.124. The zero-order valence-electron chi connectivity index (χ0n) is 33.9. The molecule has 0 saturated heterocycles. The molecule has 0 radical (unpaired) electrons. The Morgan fingerprint density at radius 3 is 0.911 bits per heavy atom. The molecule has 0 aliphatic carbocycles. The van der Waals surface area contributed by atoms with Gasteiger partial charge in [-0.25, -0.2) is 0 Å². The lowest BCUT2D eigenvalue weighted by Gasteiger charge is -2.09. The second kappa shape index (κ2) is 32.2. The van der Waals surface area contributed by atoms with Crippen molar-refractivity contribution in [3.63, 3.8) is 0 Å². The molecule has 6 nitrogen and oxygen atoms in total. The molecule has 0 atom stereocenters. The van der Waals surface area contributed by atoms with Crippen molar-refractivity contribution >= 4 is 23.4 Å². The van der Waals surface area contributed by atoms with Gasteiger partial charge in [0.1, 0.15) is 11.6 Å². The third-order valence-corrected chi connectivity index (χ3v) is 5.70. The fourth-order valence-corrected chi connectivity index (χ4v) is 3.48. The van der Waals surface area contributed by atoms with Crippen LogP contribution in [-0.4, -0.2) is 36.0 Å². The Balaban J connectivity index is -0.000000149. The third kappa shape index (κ3) is 55.1. The predicted molar refractivity (Wildman–Crippen MR) is 198 cm³/mol. The van der Waals surface area contributed by atoms with Crippen molar-refractivity contribution in [2.24, 2.45) is 53.3 Å². The van der Waals surface area contributed by atoms with Crippen LogP contribution in [0, 0.1) is 53.3 Å². The average Bonchev–Trinajstić information content (AvgIpc) is 2.81. The summed E-state index contributed by atoms with van der Waals surface area (Å²) in [6.45, 7) is 41.9. The van der Waals surface area contributed by atoms with Crippen LogP contribution in [0.15, 0.2) is 0 Å². The van der Waals surface area contributed by atoms with Crippen molar-refractivity contribution in [3.05, 3.63) is 0 Å². The lowest BCUT2D eigenvalue weighted by Crippen LogP contribution is -2.30. The van der Waals surface area contributed by atoms with E-state index in [-0.39, 0.29) is 35.6 Å². The number of hydrogen-bond donors (Lipinski definition) is 2. The van der Waals surface area contributed by atoms with E-state index in [9.17, 15) is 19.2 Å². The summed E-state index contributed by atoms with van der Waals surface area (Å²) < 4.78 is 0. The van der Waals surface area contributed by atoms with Gasteiger partial charge in [-0.2, -0.15) is 0 Å². The molecular formula is C39H82N2O4. The predicted octanol–water partition coefficient (Wildman–Crippen LogP) is 10.2. The second-order valence-corrected chi connectivity index (χ2v) is 16.1. The van der Waals surface area contributed by atoms with Gasteiger partial charge in [-0.3, -0.25) is 19.2 Å². The molecule has 0 unspecified atom stereocenters. The molecular weight excluding hydrogens is 560 g/mol. The molecule has 0 aromatic heterocycles. The van der Waals surface area contributed by atoms with Crippen LogP contribution >= 0.6 is 0 Å². The first-order valence-electron chi connectivity index (χ1n) is 17.9. The van der Waals surface area contributed by atoms with Crippen LogP contribution in [0.1, 0.15) is 164 Å². The van der Waals surface area contributed by atoms with E-state index in [4.69, 9.17) is 0 Å². The van der Waals surface area contributed by atoms with E-state index in [1.807, 2.05) is 69.2 Å². The Hall–Kier alpha value is -1.72. The van der Waals surface area contributed by atoms with Crippen LogP contribution in [0.2, 0.25) is 0 Å². The summed E-state index contributed by atoms with van der Waals surface area (Å²) in [4.78, 5) is 43.8. The van der Waals surface area contributed by atoms with Crippen molar-refractivity contribution in [2.75, 3.05) is 6.54 Å². The Morgan fingerprint density at radius 2 is 0.756 bits per heavy atom. The summed E-state index contributed by atoms with van der Waals surface area (Å²) in [6, 6.07) is 0.270.